The van der Waals surface area contributed by atoms with Crippen LogP contribution in [-0.4, -0.2) is 48.3 Å². The van der Waals surface area contributed by atoms with Crippen molar-refractivity contribution in [2.75, 3.05) is 26.4 Å². The summed E-state index contributed by atoms with van der Waals surface area (Å²) in [5, 5.41) is 4.32. The molecule has 1 aromatic heterocycles. The lowest BCUT2D eigenvalue weighted by Gasteiger charge is -2.22. The van der Waals surface area contributed by atoms with Gasteiger partial charge in [0.1, 0.15) is 6.10 Å². The number of carbonyl (C=O) groups is 1. The summed E-state index contributed by atoms with van der Waals surface area (Å²) in [6.45, 7) is 5.16. The van der Waals surface area contributed by atoms with Gasteiger partial charge in [-0.3, -0.25) is 4.68 Å². The fraction of sp³-hybridized carbons (Fsp3) is 0.474. The molecule has 28 heavy (non-hydrogen) atoms. The standard InChI is InChI=1S/C19H21F3N2O4/c1-3-27-18(25)13-4-5-15(16(8-13)19(20,21)22)17-12(2)9-24(23-17)10-14-11-26-6-7-28-14/h4-5,8-9,14H,3,6-7,10-11H2,1-2H3/t14-/m0/s1. The smallest absolute Gasteiger partial charge is 0.417 e. The molecule has 1 aliphatic heterocycles. The van der Waals surface area contributed by atoms with Crippen molar-refractivity contribution < 1.29 is 32.2 Å². The molecule has 0 radical (unpaired) electrons. The number of hydrogen-bond acceptors (Lipinski definition) is 5. The fourth-order valence-electron chi connectivity index (χ4n) is 3.06. The van der Waals surface area contributed by atoms with Gasteiger partial charge < -0.3 is 14.2 Å². The maximum atomic E-state index is 13.7. The van der Waals surface area contributed by atoms with Crippen LogP contribution < -0.4 is 0 Å². The molecular formula is C19H21F3N2O4. The Bertz CT molecular complexity index is 842. The summed E-state index contributed by atoms with van der Waals surface area (Å²) in [4.78, 5) is 11.8. The molecule has 2 heterocycles. The van der Waals surface area contributed by atoms with Gasteiger partial charge in [-0.25, -0.2) is 4.79 Å². The van der Waals surface area contributed by atoms with Crippen molar-refractivity contribution >= 4 is 5.97 Å². The first-order chi connectivity index (χ1) is 13.3. The summed E-state index contributed by atoms with van der Waals surface area (Å²) in [6, 6.07) is 3.39. The van der Waals surface area contributed by atoms with Crippen LogP contribution in [0, 0.1) is 6.92 Å². The summed E-state index contributed by atoms with van der Waals surface area (Å²) in [6.07, 6.45) is -3.17. The number of benzene rings is 1. The van der Waals surface area contributed by atoms with E-state index in [0.717, 1.165) is 6.07 Å². The van der Waals surface area contributed by atoms with Gasteiger partial charge in [0, 0.05) is 11.8 Å². The van der Waals surface area contributed by atoms with E-state index in [1.807, 2.05) is 0 Å². The molecular weight excluding hydrogens is 377 g/mol. The average Bonchev–Trinajstić information content (AvgIpc) is 3.01. The van der Waals surface area contributed by atoms with Crippen molar-refractivity contribution in [1.82, 2.24) is 9.78 Å². The normalized spacial score (nSPS) is 17.5. The van der Waals surface area contributed by atoms with Crippen LogP contribution in [0.15, 0.2) is 24.4 Å². The number of aromatic nitrogens is 2. The highest BCUT2D eigenvalue weighted by atomic mass is 19.4. The molecule has 0 spiro atoms. The molecule has 3 rings (SSSR count). The van der Waals surface area contributed by atoms with Gasteiger partial charge in [-0.15, -0.1) is 0 Å². The summed E-state index contributed by atoms with van der Waals surface area (Å²) in [7, 11) is 0. The molecule has 0 N–H and O–H groups in total. The number of halogens is 3. The molecule has 0 saturated carbocycles. The quantitative estimate of drug-likeness (QED) is 0.722. The van der Waals surface area contributed by atoms with Crippen LogP contribution in [-0.2, 0) is 26.9 Å². The molecule has 0 bridgehead atoms. The predicted octanol–water partition coefficient (Wildman–Crippen LogP) is 3.47. The first-order valence-corrected chi connectivity index (χ1v) is 8.91. The molecule has 1 aromatic carbocycles. The molecule has 9 heteroatoms. The second kappa shape index (κ2) is 8.32. The highest BCUT2D eigenvalue weighted by molar-refractivity contribution is 5.90. The van der Waals surface area contributed by atoms with Crippen molar-refractivity contribution in [3.63, 3.8) is 0 Å². The zero-order valence-electron chi connectivity index (χ0n) is 15.6. The largest absolute Gasteiger partial charge is 0.462 e. The first kappa shape index (κ1) is 20.3. The van der Waals surface area contributed by atoms with Gasteiger partial charge in [-0.05, 0) is 31.5 Å². The van der Waals surface area contributed by atoms with Crippen LogP contribution in [0.5, 0.6) is 0 Å². The molecule has 0 aliphatic carbocycles. The van der Waals surface area contributed by atoms with E-state index in [1.165, 1.54) is 12.1 Å². The Balaban J connectivity index is 1.94. The molecule has 0 amide bonds. The van der Waals surface area contributed by atoms with Gasteiger partial charge in [0.15, 0.2) is 0 Å². The van der Waals surface area contributed by atoms with Crippen molar-refractivity contribution in [1.29, 1.82) is 0 Å². The van der Waals surface area contributed by atoms with Crippen LogP contribution in [0.1, 0.15) is 28.4 Å². The monoisotopic (exact) mass is 398 g/mol. The Morgan fingerprint density at radius 3 is 2.79 bits per heavy atom. The molecule has 152 valence electrons. The van der Waals surface area contributed by atoms with Crippen LogP contribution in [0.2, 0.25) is 0 Å². The molecule has 1 atom stereocenters. The second-order valence-electron chi connectivity index (χ2n) is 6.43. The van der Waals surface area contributed by atoms with Crippen molar-refractivity contribution in [3.8, 4) is 11.3 Å². The molecule has 1 fully saturated rings. The number of esters is 1. The van der Waals surface area contributed by atoms with E-state index in [1.54, 1.807) is 24.7 Å². The number of nitrogens with zero attached hydrogens (tertiary/aromatic N) is 2. The number of hydrogen-bond donors (Lipinski definition) is 0. The lowest BCUT2D eigenvalue weighted by Crippen LogP contribution is -2.32. The molecule has 1 aliphatic rings. The van der Waals surface area contributed by atoms with Crippen LogP contribution in [0.4, 0.5) is 13.2 Å². The lowest BCUT2D eigenvalue weighted by atomic mass is 9.99. The number of carbonyl (C=O) groups excluding carboxylic acids is 1. The zero-order valence-corrected chi connectivity index (χ0v) is 15.6. The third-order valence-electron chi connectivity index (χ3n) is 4.31. The maximum absolute atomic E-state index is 13.7. The van der Waals surface area contributed by atoms with Gasteiger partial charge in [0.25, 0.3) is 0 Å². The fourth-order valence-corrected chi connectivity index (χ4v) is 3.06. The van der Waals surface area contributed by atoms with Gasteiger partial charge in [-0.2, -0.15) is 18.3 Å². The van der Waals surface area contributed by atoms with Crippen molar-refractivity contribution in [2.45, 2.75) is 32.7 Å². The van der Waals surface area contributed by atoms with E-state index in [-0.39, 0.29) is 29.5 Å². The summed E-state index contributed by atoms with van der Waals surface area (Å²) < 4.78 is 58.2. The Kier molecular flexibility index (Phi) is 6.04. The Morgan fingerprint density at radius 1 is 1.36 bits per heavy atom. The van der Waals surface area contributed by atoms with E-state index in [2.05, 4.69) is 5.10 Å². The molecule has 1 saturated heterocycles. The maximum Gasteiger partial charge on any atom is 0.417 e. The zero-order chi connectivity index (χ0) is 20.3. The van der Waals surface area contributed by atoms with Crippen LogP contribution in [0.25, 0.3) is 11.3 Å². The first-order valence-electron chi connectivity index (χ1n) is 8.91. The van der Waals surface area contributed by atoms with Crippen LogP contribution in [0.3, 0.4) is 0 Å². The van der Waals surface area contributed by atoms with E-state index in [0.29, 0.717) is 31.9 Å². The summed E-state index contributed by atoms with van der Waals surface area (Å²) in [5.74, 6) is -0.795. The Hall–Kier alpha value is -2.39. The van der Waals surface area contributed by atoms with E-state index in [4.69, 9.17) is 14.2 Å². The number of rotatable bonds is 5. The summed E-state index contributed by atoms with van der Waals surface area (Å²) >= 11 is 0. The number of ether oxygens (including phenoxy) is 3. The Morgan fingerprint density at radius 2 is 2.14 bits per heavy atom. The number of aryl methyl sites for hydroxylation is 1. The van der Waals surface area contributed by atoms with E-state index < -0.39 is 17.7 Å². The highest BCUT2D eigenvalue weighted by Crippen LogP contribution is 2.38. The highest BCUT2D eigenvalue weighted by Gasteiger charge is 2.35. The Labute approximate surface area is 160 Å². The van der Waals surface area contributed by atoms with Gasteiger partial charge in [0.05, 0.1) is 49.8 Å². The third-order valence-corrected chi connectivity index (χ3v) is 4.31. The average molecular weight is 398 g/mol. The molecule has 0 unspecified atom stereocenters. The van der Waals surface area contributed by atoms with Gasteiger partial charge in [-0.1, -0.05) is 6.07 Å². The van der Waals surface area contributed by atoms with Crippen molar-refractivity contribution in [2.24, 2.45) is 0 Å². The van der Waals surface area contributed by atoms with Crippen LogP contribution >= 0.6 is 0 Å². The topological polar surface area (TPSA) is 62.6 Å². The minimum absolute atomic E-state index is 0.0817. The molecule has 2 aromatic rings. The second-order valence-corrected chi connectivity index (χ2v) is 6.43. The third kappa shape index (κ3) is 4.53. The van der Waals surface area contributed by atoms with Gasteiger partial charge >= 0.3 is 12.1 Å². The SMILES string of the molecule is CCOC(=O)c1ccc(-c2nn(C[C@H]3COCCO3)cc2C)c(C(F)(F)F)c1. The van der Waals surface area contributed by atoms with E-state index in [9.17, 15) is 18.0 Å². The summed E-state index contributed by atoms with van der Waals surface area (Å²) in [5.41, 5.74) is -0.366. The lowest BCUT2D eigenvalue weighted by molar-refractivity contribution is -0.137. The molecule has 6 nitrogen and oxygen atoms in total. The van der Waals surface area contributed by atoms with E-state index >= 15 is 0 Å². The minimum atomic E-state index is -4.64. The predicted molar refractivity (Wildman–Crippen MR) is 93.9 cm³/mol. The van der Waals surface area contributed by atoms with Gasteiger partial charge in [0.2, 0.25) is 0 Å². The minimum Gasteiger partial charge on any atom is -0.462 e. The number of alkyl halides is 3. The van der Waals surface area contributed by atoms with Crippen molar-refractivity contribution in [3.05, 3.63) is 41.1 Å².